The monoisotopic (exact) mass is 262 g/mol. The van der Waals surface area contributed by atoms with Crippen LogP contribution in [0, 0.1) is 17.1 Å². The van der Waals surface area contributed by atoms with E-state index in [2.05, 4.69) is 4.98 Å². The van der Waals surface area contributed by atoms with E-state index in [-0.39, 0.29) is 17.3 Å². The molecule has 0 atom stereocenters. The summed E-state index contributed by atoms with van der Waals surface area (Å²) in [5, 5.41) is 8.93. The third-order valence-electron chi connectivity index (χ3n) is 2.31. The van der Waals surface area contributed by atoms with E-state index in [0.29, 0.717) is 11.3 Å². The molecule has 0 aliphatic rings. The van der Waals surface area contributed by atoms with Gasteiger partial charge in [-0.15, -0.1) is 0 Å². The van der Waals surface area contributed by atoms with Crippen LogP contribution in [-0.4, -0.2) is 4.98 Å². The Morgan fingerprint density at radius 2 is 2.17 bits per heavy atom. The number of ether oxygens (including phenoxy) is 1. The molecule has 0 saturated carbocycles. The molecule has 3 nitrogen and oxygen atoms in total. The quantitative estimate of drug-likeness (QED) is 0.797. The average molecular weight is 263 g/mol. The fraction of sp³-hybridized carbons (Fsp3) is 0.0769. The molecule has 0 radical (unpaired) electrons. The first-order valence-corrected chi connectivity index (χ1v) is 5.51. The van der Waals surface area contributed by atoms with Crippen molar-refractivity contribution in [2.24, 2.45) is 0 Å². The number of pyridine rings is 1. The van der Waals surface area contributed by atoms with Crippen molar-refractivity contribution in [1.82, 2.24) is 4.98 Å². The summed E-state index contributed by atoms with van der Waals surface area (Å²) in [5.74, 6) is -0.194. The van der Waals surface area contributed by atoms with Crippen molar-refractivity contribution in [3.05, 3.63) is 58.6 Å². The molecular formula is C13H8ClFN2O. The van der Waals surface area contributed by atoms with E-state index in [4.69, 9.17) is 21.6 Å². The van der Waals surface area contributed by atoms with Gasteiger partial charge in [0.25, 0.3) is 0 Å². The Morgan fingerprint density at radius 1 is 1.33 bits per heavy atom. The molecule has 0 aliphatic carbocycles. The lowest BCUT2D eigenvalue weighted by Crippen LogP contribution is -2.01. The van der Waals surface area contributed by atoms with Crippen molar-refractivity contribution in [3.8, 4) is 11.8 Å². The van der Waals surface area contributed by atoms with Gasteiger partial charge in [0.2, 0.25) is 0 Å². The highest BCUT2D eigenvalue weighted by molar-refractivity contribution is 6.30. The molecule has 1 aromatic carbocycles. The number of nitriles is 1. The molecule has 0 spiro atoms. The molecule has 90 valence electrons. The Labute approximate surface area is 108 Å². The topological polar surface area (TPSA) is 45.9 Å². The van der Waals surface area contributed by atoms with Gasteiger partial charge < -0.3 is 4.74 Å². The Balaban J connectivity index is 2.17. The first-order chi connectivity index (χ1) is 8.72. The first kappa shape index (κ1) is 12.3. The van der Waals surface area contributed by atoms with Crippen molar-refractivity contribution in [1.29, 1.82) is 5.26 Å². The molecule has 18 heavy (non-hydrogen) atoms. The maximum atomic E-state index is 13.7. The van der Waals surface area contributed by atoms with Gasteiger partial charge in [-0.1, -0.05) is 23.7 Å². The Hall–Kier alpha value is -2.12. The largest absolute Gasteiger partial charge is 0.486 e. The lowest BCUT2D eigenvalue weighted by Gasteiger charge is -2.08. The lowest BCUT2D eigenvalue weighted by molar-refractivity contribution is 0.299. The maximum Gasteiger partial charge on any atom is 0.171 e. The zero-order chi connectivity index (χ0) is 13.0. The van der Waals surface area contributed by atoms with Crippen LogP contribution in [0.3, 0.4) is 0 Å². The van der Waals surface area contributed by atoms with E-state index in [1.807, 2.05) is 0 Å². The molecule has 0 amide bonds. The Bertz CT molecular complexity index is 610. The summed E-state index contributed by atoms with van der Waals surface area (Å²) in [5.41, 5.74) is 0.294. The number of hydrogen-bond acceptors (Lipinski definition) is 3. The molecule has 0 fully saturated rings. The van der Waals surface area contributed by atoms with Crippen LogP contribution in [-0.2, 0) is 6.61 Å². The summed E-state index contributed by atoms with van der Waals surface area (Å²) in [7, 11) is 0. The van der Waals surface area contributed by atoms with Gasteiger partial charge >= 0.3 is 0 Å². The van der Waals surface area contributed by atoms with Crippen LogP contribution in [0.15, 0.2) is 36.5 Å². The fourth-order valence-electron chi connectivity index (χ4n) is 1.41. The number of nitrogens with zero attached hydrogens (tertiary/aromatic N) is 2. The Kier molecular flexibility index (Phi) is 3.75. The number of hydrogen-bond donors (Lipinski definition) is 0. The second-order valence-corrected chi connectivity index (χ2v) is 3.83. The fourth-order valence-corrected chi connectivity index (χ4v) is 1.59. The van der Waals surface area contributed by atoms with E-state index in [1.165, 1.54) is 12.3 Å². The summed E-state index contributed by atoms with van der Waals surface area (Å²) in [6, 6.07) is 9.66. The van der Waals surface area contributed by atoms with Crippen LogP contribution in [0.5, 0.6) is 5.75 Å². The van der Waals surface area contributed by atoms with Crippen molar-refractivity contribution in [2.75, 3.05) is 0 Å². The van der Waals surface area contributed by atoms with Crippen LogP contribution in [0.2, 0.25) is 5.15 Å². The number of benzene rings is 1. The molecule has 5 heteroatoms. The second-order valence-electron chi connectivity index (χ2n) is 3.47. The van der Waals surface area contributed by atoms with Gasteiger partial charge in [-0.3, -0.25) is 0 Å². The third kappa shape index (κ3) is 2.58. The van der Waals surface area contributed by atoms with Crippen molar-refractivity contribution >= 4 is 11.6 Å². The zero-order valence-corrected chi connectivity index (χ0v) is 9.99. The third-order valence-corrected chi connectivity index (χ3v) is 2.59. The van der Waals surface area contributed by atoms with Gasteiger partial charge in [-0.25, -0.2) is 9.37 Å². The van der Waals surface area contributed by atoms with Gasteiger partial charge in [0.1, 0.15) is 18.5 Å². The first-order valence-electron chi connectivity index (χ1n) is 5.13. The van der Waals surface area contributed by atoms with Crippen LogP contribution < -0.4 is 4.74 Å². The normalized spacial score (nSPS) is 9.83. The maximum absolute atomic E-state index is 13.7. The van der Waals surface area contributed by atoms with E-state index in [0.717, 1.165) is 0 Å². The molecule has 0 aliphatic heterocycles. The molecule has 1 aromatic heterocycles. The van der Waals surface area contributed by atoms with Gasteiger partial charge in [0, 0.05) is 11.8 Å². The minimum atomic E-state index is -0.569. The standard InChI is InChI=1S/C13H8ClFN2O/c14-13-11(5-2-6-17-13)18-8-10-4-1-3-9(7-16)12(10)15/h1-6H,8H2. The van der Waals surface area contributed by atoms with Crippen molar-refractivity contribution in [2.45, 2.75) is 6.61 Å². The summed E-state index contributed by atoms with van der Waals surface area (Å²) in [4.78, 5) is 3.84. The minimum absolute atomic E-state index is 0.00613. The zero-order valence-electron chi connectivity index (χ0n) is 9.23. The predicted octanol–water partition coefficient (Wildman–Crippen LogP) is 3.32. The molecule has 0 bridgehead atoms. The van der Waals surface area contributed by atoms with Gasteiger partial charge in [-0.2, -0.15) is 5.26 Å². The highest BCUT2D eigenvalue weighted by Crippen LogP contribution is 2.22. The second kappa shape index (κ2) is 5.48. The Morgan fingerprint density at radius 3 is 2.89 bits per heavy atom. The van der Waals surface area contributed by atoms with E-state index >= 15 is 0 Å². The summed E-state index contributed by atoms with van der Waals surface area (Å²) in [6.07, 6.45) is 1.53. The van der Waals surface area contributed by atoms with E-state index in [9.17, 15) is 4.39 Å². The highest BCUT2D eigenvalue weighted by Gasteiger charge is 2.09. The summed E-state index contributed by atoms with van der Waals surface area (Å²) in [6.45, 7) is -0.00718. The van der Waals surface area contributed by atoms with E-state index < -0.39 is 5.82 Å². The minimum Gasteiger partial charge on any atom is -0.486 e. The molecule has 2 aromatic rings. The highest BCUT2D eigenvalue weighted by atomic mass is 35.5. The predicted molar refractivity (Wildman–Crippen MR) is 64.7 cm³/mol. The van der Waals surface area contributed by atoms with Crippen LogP contribution in [0.4, 0.5) is 4.39 Å². The van der Waals surface area contributed by atoms with Crippen LogP contribution in [0.1, 0.15) is 11.1 Å². The molecule has 0 N–H and O–H groups in total. The smallest absolute Gasteiger partial charge is 0.171 e. The number of aromatic nitrogens is 1. The SMILES string of the molecule is N#Cc1cccc(COc2cccnc2Cl)c1F. The molecule has 2 rings (SSSR count). The number of rotatable bonds is 3. The van der Waals surface area contributed by atoms with Crippen LogP contribution >= 0.6 is 11.6 Å². The lowest BCUT2D eigenvalue weighted by atomic mass is 10.1. The molecule has 0 unspecified atom stereocenters. The molecule has 1 heterocycles. The van der Waals surface area contributed by atoms with Gasteiger partial charge in [0.05, 0.1) is 5.56 Å². The van der Waals surface area contributed by atoms with Crippen molar-refractivity contribution < 1.29 is 9.13 Å². The average Bonchev–Trinajstić information content (AvgIpc) is 2.39. The summed E-state index contributed by atoms with van der Waals surface area (Å²) < 4.78 is 19.1. The van der Waals surface area contributed by atoms with Crippen LogP contribution in [0.25, 0.3) is 0 Å². The van der Waals surface area contributed by atoms with Crippen molar-refractivity contribution in [3.63, 3.8) is 0 Å². The summed E-state index contributed by atoms with van der Waals surface area (Å²) >= 11 is 5.81. The molecular weight excluding hydrogens is 255 g/mol. The molecule has 0 saturated heterocycles. The van der Waals surface area contributed by atoms with E-state index in [1.54, 1.807) is 30.3 Å². The van der Waals surface area contributed by atoms with Gasteiger partial charge in [-0.05, 0) is 18.2 Å². The number of halogens is 2. The van der Waals surface area contributed by atoms with Gasteiger partial charge in [0.15, 0.2) is 10.9 Å².